The smallest absolute Gasteiger partial charge is 0.168 e. The lowest BCUT2D eigenvalue weighted by Crippen LogP contribution is -2.16. The van der Waals surface area contributed by atoms with Gasteiger partial charge in [0, 0.05) is 23.1 Å². The maximum absolute atomic E-state index is 12.1. The van der Waals surface area contributed by atoms with Gasteiger partial charge in [-0.25, -0.2) is 0 Å². The predicted octanol–water partition coefficient (Wildman–Crippen LogP) is 2.34. The molecule has 18 heavy (non-hydrogen) atoms. The molecule has 0 aliphatic carbocycles. The average molecular weight is 261 g/mol. The predicted molar refractivity (Wildman–Crippen MR) is 67.6 cm³/mol. The highest BCUT2D eigenvalue weighted by Gasteiger charge is 2.15. The average Bonchev–Trinajstić information content (AvgIpc) is 2.91. The van der Waals surface area contributed by atoms with Gasteiger partial charge in [0.25, 0.3) is 0 Å². The van der Waals surface area contributed by atoms with Crippen LogP contribution in [0.15, 0.2) is 29.9 Å². The molecule has 3 rings (SSSR count). The highest BCUT2D eigenvalue weighted by atomic mass is 32.1. The zero-order valence-electron chi connectivity index (χ0n) is 9.59. The maximum Gasteiger partial charge on any atom is 0.168 e. The maximum atomic E-state index is 12.1. The number of hydrogen-bond acceptors (Lipinski definition) is 5. The second kappa shape index (κ2) is 4.78. The normalized spacial score (nSPS) is 13.3. The van der Waals surface area contributed by atoms with E-state index in [4.69, 9.17) is 9.47 Å². The minimum Gasteiger partial charge on any atom is -0.486 e. The molecule has 5 heteroatoms. The molecule has 0 amide bonds. The van der Waals surface area contributed by atoms with E-state index < -0.39 is 0 Å². The first-order chi connectivity index (χ1) is 8.83. The summed E-state index contributed by atoms with van der Waals surface area (Å²) < 4.78 is 10.9. The standard InChI is InChI=1S/C13H11NO3S/c15-11(6-10-7-14-8-18-10)9-1-2-12-13(5-9)17-4-3-16-12/h1-2,5,7-8H,3-4,6H2. The Bertz CT molecular complexity index is 566. The van der Waals surface area contributed by atoms with Crippen LogP contribution in [0.25, 0.3) is 0 Å². The summed E-state index contributed by atoms with van der Waals surface area (Å²) in [4.78, 5) is 17.0. The Morgan fingerprint density at radius 3 is 2.89 bits per heavy atom. The molecule has 92 valence electrons. The van der Waals surface area contributed by atoms with Crippen LogP contribution in [0.2, 0.25) is 0 Å². The quantitative estimate of drug-likeness (QED) is 0.796. The number of hydrogen-bond donors (Lipinski definition) is 0. The number of rotatable bonds is 3. The molecule has 2 heterocycles. The van der Waals surface area contributed by atoms with Gasteiger partial charge in [-0.1, -0.05) is 0 Å². The van der Waals surface area contributed by atoms with E-state index in [1.54, 1.807) is 29.9 Å². The second-order valence-electron chi connectivity index (χ2n) is 3.93. The van der Waals surface area contributed by atoms with E-state index in [1.807, 2.05) is 0 Å². The van der Waals surface area contributed by atoms with Crippen molar-refractivity contribution in [2.75, 3.05) is 13.2 Å². The van der Waals surface area contributed by atoms with E-state index in [0.29, 0.717) is 36.7 Å². The number of aromatic nitrogens is 1. The number of carbonyl (C=O) groups excluding carboxylic acids is 1. The molecule has 1 aromatic carbocycles. The zero-order valence-corrected chi connectivity index (χ0v) is 10.4. The molecule has 0 unspecified atom stereocenters. The second-order valence-corrected chi connectivity index (χ2v) is 4.90. The van der Waals surface area contributed by atoms with Gasteiger partial charge in [0.2, 0.25) is 0 Å². The zero-order chi connectivity index (χ0) is 12.4. The van der Waals surface area contributed by atoms with E-state index >= 15 is 0 Å². The monoisotopic (exact) mass is 261 g/mol. The molecule has 0 bridgehead atoms. The summed E-state index contributed by atoms with van der Waals surface area (Å²) in [5.41, 5.74) is 2.37. The van der Waals surface area contributed by atoms with E-state index in [1.165, 1.54) is 11.3 Å². The van der Waals surface area contributed by atoms with Crippen molar-refractivity contribution in [1.29, 1.82) is 0 Å². The number of ether oxygens (including phenoxy) is 2. The van der Waals surface area contributed by atoms with Crippen LogP contribution in [-0.2, 0) is 6.42 Å². The number of carbonyl (C=O) groups is 1. The summed E-state index contributed by atoms with van der Waals surface area (Å²) in [5.74, 6) is 1.42. The number of nitrogens with zero attached hydrogens (tertiary/aromatic N) is 1. The third kappa shape index (κ3) is 2.22. The number of Topliss-reactive ketones (excluding diaryl/α,β-unsaturated/α-hetero) is 1. The van der Waals surface area contributed by atoms with Crippen LogP contribution >= 0.6 is 11.3 Å². The molecule has 1 aliphatic rings. The van der Waals surface area contributed by atoms with Crippen molar-refractivity contribution in [3.8, 4) is 11.5 Å². The molecular formula is C13H11NO3S. The van der Waals surface area contributed by atoms with Gasteiger partial charge in [0.15, 0.2) is 17.3 Å². The van der Waals surface area contributed by atoms with Crippen molar-refractivity contribution in [3.63, 3.8) is 0 Å². The molecule has 4 nitrogen and oxygen atoms in total. The SMILES string of the molecule is O=C(Cc1cncs1)c1ccc2c(c1)OCCO2. The van der Waals surface area contributed by atoms with Crippen molar-refractivity contribution < 1.29 is 14.3 Å². The summed E-state index contributed by atoms with van der Waals surface area (Å²) in [6.45, 7) is 1.08. The minimum absolute atomic E-state index is 0.0659. The van der Waals surface area contributed by atoms with E-state index in [0.717, 1.165) is 4.88 Å². The summed E-state index contributed by atoms with van der Waals surface area (Å²) in [7, 11) is 0. The van der Waals surface area contributed by atoms with Gasteiger partial charge in [-0.3, -0.25) is 9.78 Å². The van der Waals surface area contributed by atoms with Gasteiger partial charge >= 0.3 is 0 Å². The fourth-order valence-electron chi connectivity index (χ4n) is 1.81. The van der Waals surface area contributed by atoms with Crippen molar-refractivity contribution in [2.45, 2.75) is 6.42 Å². The first-order valence-electron chi connectivity index (χ1n) is 5.63. The molecule has 0 N–H and O–H groups in total. The molecule has 0 saturated heterocycles. The molecular weight excluding hydrogens is 250 g/mol. The number of benzene rings is 1. The summed E-state index contributed by atoms with van der Waals surface area (Å²) in [6.07, 6.45) is 2.10. The molecule has 0 fully saturated rings. The molecule has 2 aromatic rings. The number of fused-ring (bicyclic) bond motifs is 1. The van der Waals surface area contributed by atoms with E-state index in [9.17, 15) is 4.79 Å². The third-order valence-corrected chi connectivity index (χ3v) is 3.46. The first kappa shape index (κ1) is 11.2. The van der Waals surface area contributed by atoms with E-state index in [-0.39, 0.29) is 5.78 Å². The fraction of sp³-hybridized carbons (Fsp3) is 0.231. The molecule has 1 aliphatic heterocycles. The fourth-order valence-corrected chi connectivity index (χ4v) is 2.40. The lowest BCUT2D eigenvalue weighted by molar-refractivity contribution is 0.0992. The van der Waals surface area contributed by atoms with Crippen molar-refractivity contribution in [1.82, 2.24) is 4.98 Å². The Morgan fingerprint density at radius 2 is 2.11 bits per heavy atom. The highest BCUT2D eigenvalue weighted by molar-refractivity contribution is 7.09. The van der Waals surface area contributed by atoms with Crippen LogP contribution in [0.3, 0.4) is 0 Å². The van der Waals surface area contributed by atoms with Crippen LogP contribution in [-0.4, -0.2) is 24.0 Å². The topological polar surface area (TPSA) is 48.4 Å². The Labute approximate surface area is 108 Å². The highest BCUT2D eigenvalue weighted by Crippen LogP contribution is 2.31. The summed E-state index contributed by atoms with van der Waals surface area (Å²) >= 11 is 1.49. The van der Waals surface area contributed by atoms with Crippen molar-refractivity contribution in [2.24, 2.45) is 0 Å². The molecule has 0 radical (unpaired) electrons. The summed E-state index contributed by atoms with van der Waals surface area (Å²) in [5, 5.41) is 0. The molecule has 0 atom stereocenters. The molecule has 0 spiro atoms. The molecule has 1 aromatic heterocycles. The van der Waals surface area contributed by atoms with E-state index in [2.05, 4.69) is 4.98 Å². The van der Waals surface area contributed by atoms with Gasteiger partial charge in [-0.2, -0.15) is 0 Å². The first-order valence-corrected chi connectivity index (χ1v) is 6.51. The van der Waals surface area contributed by atoms with Gasteiger partial charge in [-0.05, 0) is 18.2 Å². The van der Waals surface area contributed by atoms with Crippen LogP contribution in [0.1, 0.15) is 15.2 Å². The summed E-state index contributed by atoms with van der Waals surface area (Å²) in [6, 6.07) is 5.31. The van der Waals surface area contributed by atoms with Crippen LogP contribution < -0.4 is 9.47 Å². The largest absolute Gasteiger partial charge is 0.486 e. The van der Waals surface area contributed by atoms with Gasteiger partial charge in [0.05, 0.1) is 5.51 Å². The van der Waals surface area contributed by atoms with Crippen molar-refractivity contribution in [3.05, 3.63) is 40.3 Å². The van der Waals surface area contributed by atoms with Gasteiger partial charge in [0.1, 0.15) is 13.2 Å². The lowest BCUT2D eigenvalue weighted by atomic mass is 10.1. The molecule has 0 saturated carbocycles. The Hall–Kier alpha value is -1.88. The van der Waals surface area contributed by atoms with Gasteiger partial charge in [-0.15, -0.1) is 11.3 Å². The Morgan fingerprint density at radius 1 is 1.28 bits per heavy atom. The van der Waals surface area contributed by atoms with Crippen LogP contribution in [0.4, 0.5) is 0 Å². The van der Waals surface area contributed by atoms with Crippen LogP contribution in [0.5, 0.6) is 11.5 Å². The van der Waals surface area contributed by atoms with Gasteiger partial charge < -0.3 is 9.47 Å². The Balaban J connectivity index is 1.81. The third-order valence-electron chi connectivity index (χ3n) is 2.68. The number of thiazole rings is 1. The lowest BCUT2D eigenvalue weighted by Gasteiger charge is -2.18. The van der Waals surface area contributed by atoms with Crippen molar-refractivity contribution >= 4 is 17.1 Å². The Kier molecular flexibility index (Phi) is 2.98. The minimum atomic E-state index is 0.0659. The number of ketones is 1. The van der Waals surface area contributed by atoms with Crippen LogP contribution in [0, 0.1) is 0 Å².